The van der Waals surface area contributed by atoms with Gasteiger partial charge in [0.1, 0.15) is 10.8 Å². The molecule has 0 amide bonds. The maximum Gasteiger partial charge on any atom is 0.176 e. The van der Waals surface area contributed by atoms with Gasteiger partial charge in [-0.2, -0.15) is 5.10 Å². The summed E-state index contributed by atoms with van der Waals surface area (Å²) in [5, 5.41) is 7.70. The van der Waals surface area contributed by atoms with Crippen LogP contribution in [-0.2, 0) is 0 Å². The largest absolute Gasteiger partial charge is 0.496 e. The first kappa shape index (κ1) is 9.36. The highest BCUT2D eigenvalue weighted by Gasteiger charge is 2.07. The summed E-state index contributed by atoms with van der Waals surface area (Å²) in [6.07, 6.45) is 0. The maximum absolute atomic E-state index is 5.23. The number of para-hydroxylation sites is 1. The highest BCUT2D eigenvalue weighted by Crippen LogP contribution is 2.30. The van der Waals surface area contributed by atoms with Gasteiger partial charge < -0.3 is 4.74 Å². The Morgan fingerprint density at radius 2 is 2.21 bits per heavy atom. The van der Waals surface area contributed by atoms with Crippen molar-refractivity contribution in [3.8, 4) is 16.3 Å². The number of hydrogen-bond acceptors (Lipinski definition) is 4. The van der Waals surface area contributed by atoms with E-state index in [4.69, 9.17) is 17.0 Å². The van der Waals surface area contributed by atoms with Gasteiger partial charge in [-0.1, -0.05) is 23.5 Å². The van der Waals surface area contributed by atoms with Gasteiger partial charge in [0.25, 0.3) is 0 Å². The van der Waals surface area contributed by atoms with E-state index in [9.17, 15) is 0 Å². The minimum Gasteiger partial charge on any atom is -0.496 e. The molecule has 2 rings (SSSR count). The second-order valence-electron chi connectivity index (χ2n) is 2.62. The van der Waals surface area contributed by atoms with E-state index in [0.29, 0.717) is 3.95 Å². The molecular weight excluding hydrogens is 216 g/mol. The number of benzene rings is 1. The molecule has 1 heterocycles. The van der Waals surface area contributed by atoms with Crippen LogP contribution in [0.15, 0.2) is 24.3 Å². The summed E-state index contributed by atoms with van der Waals surface area (Å²) in [6, 6.07) is 7.73. The van der Waals surface area contributed by atoms with Gasteiger partial charge in [-0.25, -0.2) is 0 Å². The summed E-state index contributed by atoms with van der Waals surface area (Å²) in [7, 11) is 1.64. The van der Waals surface area contributed by atoms with Crippen LogP contribution < -0.4 is 4.74 Å². The van der Waals surface area contributed by atoms with Gasteiger partial charge >= 0.3 is 0 Å². The molecule has 3 nitrogen and oxygen atoms in total. The molecule has 1 N–H and O–H groups in total. The van der Waals surface area contributed by atoms with Gasteiger partial charge in [0.05, 0.1) is 12.7 Å². The predicted molar refractivity (Wildman–Crippen MR) is 59.3 cm³/mol. The highest BCUT2D eigenvalue weighted by molar-refractivity contribution is 7.73. The quantitative estimate of drug-likeness (QED) is 0.797. The SMILES string of the molecule is COc1ccccc1-c1n[nH]c(=S)s1. The fourth-order valence-corrected chi connectivity index (χ4v) is 2.09. The van der Waals surface area contributed by atoms with Crippen molar-refractivity contribution in [3.05, 3.63) is 28.2 Å². The lowest BCUT2D eigenvalue weighted by Gasteiger charge is -2.03. The van der Waals surface area contributed by atoms with Crippen molar-refractivity contribution in [2.75, 3.05) is 7.11 Å². The van der Waals surface area contributed by atoms with E-state index in [0.717, 1.165) is 16.3 Å². The van der Waals surface area contributed by atoms with E-state index >= 15 is 0 Å². The van der Waals surface area contributed by atoms with Crippen molar-refractivity contribution in [2.24, 2.45) is 0 Å². The van der Waals surface area contributed by atoms with E-state index in [1.165, 1.54) is 11.3 Å². The molecule has 0 aliphatic heterocycles. The average molecular weight is 224 g/mol. The summed E-state index contributed by atoms with van der Waals surface area (Å²) in [6.45, 7) is 0. The molecule has 2 aromatic rings. The monoisotopic (exact) mass is 224 g/mol. The number of aromatic nitrogens is 2. The van der Waals surface area contributed by atoms with Crippen molar-refractivity contribution in [1.82, 2.24) is 10.2 Å². The molecule has 0 saturated heterocycles. The van der Waals surface area contributed by atoms with Gasteiger partial charge in [0.15, 0.2) is 3.95 Å². The molecule has 72 valence electrons. The van der Waals surface area contributed by atoms with E-state index in [-0.39, 0.29) is 0 Å². The predicted octanol–water partition coefficient (Wildman–Crippen LogP) is 2.88. The molecule has 14 heavy (non-hydrogen) atoms. The number of methoxy groups -OCH3 is 1. The van der Waals surface area contributed by atoms with Crippen molar-refractivity contribution < 1.29 is 4.74 Å². The Balaban J connectivity index is 2.55. The number of aromatic amines is 1. The van der Waals surface area contributed by atoms with E-state index in [2.05, 4.69) is 10.2 Å². The van der Waals surface area contributed by atoms with Crippen LogP contribution in [0.1, 0.15) is 0 Å². The van der Waals surface area contributed by atoms with Crippen molar-refractivity contribution in [2.45, 2.75) is 0 Å². The molecule has 1 aromatic heterocycles. The van der Waals surface area contributed by atoms with Crippen molar-refractivity contribution in [3.63, 3.8) is 0 Å². The lowest BCUT2D eigenvalue weighted by atomic mass is 10.2. The topological polar surface area (TPSA) is 37.9 Å². The molecule has 0 unspecified atom stereocenters. The first-order valence-corrected chi connectivity index (χ1v) is 5.22. The molecule has 1 aromatic carbocycles. The Morgan fingerprint density at radius 3 is 2.86 bits per heavy atom. The third-order valence-electron chi connectivity index (χ3n) is 1.78. The summed E-state index contributed by atoms with van der Waals surface area (Å²) in [4.78, 5) is 0. The fourth-order valence-electron chi connectivity index (χ4n) is 1.17. The zero-order chi connectivity index (χ0) is 9.97. The zero-order valence-electron chi connectivity index (χ0n) is 7.48. The smallest absolute Gasteiger partial charge is 0.176 e. The molecule has 0 bridgehead atoms. The van der Waals surface area contributed by atoms with Gasteiger partial charge in [0.2, 0.25) is 0 Å². The molecule has 0 fully saturated rings. The summed E-state index contributed by atoms with van der Waals surface area (Å²) in [5.41, 5.74) is 0.965. The maximum atomic E-state index is 5.23. The van der Waals surface area contributed by atoms with Crippen LogP contribution in [0.3, 0.4) is 0 Å². The Bertz CT molecular complexity index is 489. The lowest BCUT2D eigenvalue weighted by molar-refractivity contribution is 0.416. The van der Waals surface area contributed by atoms with Gasteiger partial charge in [-0.3, -0.25) is 5.10 Å². The van der Waals surface area contributed by atoms with E-state index in [1.54, 1.807) is 7.11 Å². The summed E-state index contributed by atoms with van der Waals surface area (Å²) >= 11 is 6.41. The molecule has 0 saturated carbocycles. The number of H-pyrrole nitrogens is 1. The number of nitrogens with one attached hydrogen (secondary N) is 1. The Kier molecular flexibility index (Phi) is 2.60. The highest BCUT2D eigenvalue weighted by atomic mass is 32.1. The summed E-state index contributed by atoms with van der Waals surface area (Å²) in [5.74, 6) is 0.810. The number of hydrogen-bond donors (Lipinski definition) is 1. The normalized spacial score (nSPS) is 10.1. The van der Waals surface area contributed by atoms with Crippen LogP contribution in [0.5, 0.6) is 5.75 Å². The first-order chi connectivity index (χ1) is 6.81. The van der Waals surface area contributed by atoms with E-state index < -0.39 is 0 Å². The van der Waals surface area contributed by atoms with Gasteiger partial charge in [-0.15, -0.1) is 0 Å². The van der Waals surface area contributed by atoms with Gasteiger partial charge in [0, 0.05) is 0 Å². The first-order valence-electron chi connectivity index (χ1n) is 4.00. The fraction of sp³-hybridized carbons (Fsp3) is 0.111. The van der Waals surface area contributed by atoms with Crippen LogP contribution in [0, 0.1) is 3.95 Å². The number of ether oxygens (including phenoxy) is 1. The van der Waals surface area contributed by atoms with Crippen LogP contribution >= 0.6 is 23.6 Å². The van der Waals surface area contributed by atoms with Crippen molar-refractivity contribution in [1.29, 1.82) is 0 Å². The molecule has 0 spiro atoms. The van der Waals surface area contributed by atoms with Crippen LogP contribution in [0.2, 0.25) is 0 Å². The molecule has 0 aliphatic carbocycles. The molecule has 0 radical (unpaired) electrons. The Labute approximate surface area is 90.4 Å². The van der Waals surface area contributed by atoms with Crippen molar-refractivity contribution >= 4 is 23.6 Å². The standard InChI is InChI=1S/C9H8N2OS2/c1-12-7-5-3-2-4-6(7)8-10-11-9(13)14-8/h2-5H,1H3,(H,11,13). The van der Waals surface area contributed by atoms with Crippen LogP contribution in [-0.4, -0.2) is 17.3 Å². The zero-order valence-corrected chi connectivity index (χ0v) is 9.11. The van der Waals surface area contributed by atoms with Crippen LogP contribution in [0.25, 0.3) is 10.6 Å². The minimum atomic E-state index is 0.672. The third kappa shape index (κ3) is 1.69. The number of nitrogens with zero attached hydrogens (tertiary/aromatic N) is 1. The molecular formula is C9H8N2OS2. The Hall–Kier alpha value is -1.20. The average Bonchev–Trinajstić information content (AvgIpc) is 2.65. The van der Waals surface area contributed by atoms with Gasteiger partial charge in [-0.05, 0) is 24.4 Å². The Morgan fingerprint density at radius 1 is 1.43 bits per heavy atom. The molecule has 0 atom stereocenters. The molecule has 5 heteroatoms. The minimum absolute atomic E-state index is 0.672. The summed E-state index contributed by atoms with van der Waals surface area (Å²) < 4.78 is 5.90. The van der Waals surface area contributed by atoms with E-state index in [1.807, 2.05) is 24.3 Å². The lowest BCUT2D eigenvalue weighted by Crippen LogP contribution is -1.86. The second kappa shape index (κ2) is 3.89. The third-order valence-corrected chi connectivity index (χ3v) is 2.90. The van der Waals surface area contributed by atoms with Crippen LogP contribution in [0.4, 0.5) is 0 Å². The second-order valence-corrected chi connectivity index (χ2v) is 4.28. The molecule has 0 aliphatic rings. The number of rotatable bonds is 2.